The predicted molar refractivity (Wildman–Crippen MR) is 261 cm³/mol. The minimum Gasteiger partial charge on any atom is -0.458 e. The fourth-order valence-corrected chi connectivity index (χ4v) is 10.6. The first-order valence-electron chi connectivity index (χ1n) is 24.3. The van der Waals surface area contributed by atoms with Crippen LogP contribution in [0.2, 0.25) is 0 Å². The molecule has 7 rings (SSSR count). The highest BCUT2D eigenvalue weighted by molar-refractivity contribution is 9.11. The Labute approximate surface area is 414 Å². The number of aromatic nitrogens is 2. The Hall–Kier alpha value is -3.81. The van der Waals surface area contributed by atoms with Crippen LogP contribution >= 0.6 is 15.9 Å². The Bertz CT molecular complexity index is 2210. The zero-order valence-corrected chi connectivity index (χ0v) is 42.3. The molecule has 378 valence electrons. The number of fused-ring (bicyclic) bond motifs is 9. The number of ether oxygens (including phenoxy) is 7. The first-order chi connectivity index (χ1) is 33.1. The molecule has 3 N–H and O–H groups in total. The van der Waals surface area contributed by atoms with Crippen molar-refractivity contribution in [3.05, 3.63) is 107 Å². The summed E-state index contributed by atoms with van der Waals surface area (Å²) in [6.45, 7) is 12.2. The molecule has 0 aromatic carbocycles. The standard InChI is InChI=1S/C53H71BrN2O13/c1-31(16-17-38(61-6)12-10-18-54)21-44(58)47-26-42(62-7)27-53(60,69-47)28-49-55-36(29-63-49)22-33(3)51-35(5)52-34(4)45(67-51)13-9-14-48-56-43(30-64-48)46-24-37(57)23-41(66-46)25-40-20-32(2)19-39(65-40)11-8-15-50(59)68-52/h8-10,14-18,21-22,29-30,34-35,37-42,44-47,51-52,57-58,60H,2,11-13,19-20,23-28H2,1,3-7H3/b14-9+,15-8-,17-16+,18-10+,31-21+,33-22+/t34-,35-,37+,38?,39-,40+,41?,42?,44+,45+,46?,47+,51-,52-,53-/m0/s1. The molecule has 2 aromatic rings. The zero-order valence-electron chi connectivity index (χ0n) is 40.7. The third kappa shape index (κ3) is 14.6. The zero-order chi connectivity index (χ0) is 49.2. The lowest BCUT2D eigenvalue weighted by atomic mass is 9.79. The average Bonchev–Trinajstić information content (AvgIpc) is 3.96. The highest BCUT2D eigenvalue weighted by Gasteiger charge is 2.45. The summed E-state index contributed by atoms with van der Waals surface area (Å²) >= 11 is 3.28. The van der Waals surface area contributed by atoms with E-state index < -0.39 is 48.4 Å². The second-order valence-corrected chi connectivity index (χ2v) is 20.0. The van der Waals surface area contributed by atoms with Crippen LogP contribution in [0.1, 0.15) is 121 Å². The monoisotopic (exact) mass is 1020 g/mol. The summed E-state index contributed by atoms with van der Waals surface area (Å²) in [6, 6.07) is 0. The maximum absolute atomic E-state index is 13.6. The van der Waals surface area contributed by atoms with Crippen molar-refractivity contribution < 1.29 is 62.1 Å². The molecule has 0 spiro atoms. The molecule has 4 fully saturated rings. The van der Waals surface area contributed by atoms with Gasteiger partial charge in [0.15, 0.2) is 11.7 Å². The Morgan fingerprint density at radius 3 is 2.57 bits per heavy atom. The van der Waals surface area contributed by atoms with Gasteiger partial charge in [-0.15, -0.1) is 0 Å². The van der Waals surface area contributed by atoms with Crippen molar-refractivity contribution in [2.75, 3.05) is 14.2 Å². The van der Waals surface area contributed by atoms with Gasteiger partial charge in [-0.05, 0) is 75.1 Å². The van der Waals surface area contributed by atoms with Crippen molar-refractivity contribution in [2.24, 2.45) is 11.8 Å². The first-order valence-corrected chi connectivity index (χ1v) is 25.2. The molecule has 15 nitrogen and oxygen atoms in total. The van der Waals surface area contributed by atoms with Crippen molar-refractivity contribution in [3.8, 4) is 0 Å². The van der Waals surface area contributed by atoms with Gasteiger partial charge in [-0.1, -0.05) is 84.0 Å². The van der Waals surface area contributed by atoms with Gasteiger partial charge in [0.05, 0.1) is 67.5 Å². The van der Waals surface area contributed by atoms with Gasteiger partial charge < -0.3 is 57.3 Å². The molecule has 69 heavy (non-hydrogen) atoms. The molecule has 0 amide bonds. The molecular weight excluding hydrogens is 952 g/mol. The van der Waals surface area contributed by atoms with Crippen molar-refractivity contribution in [1.82, 2.24) is 9.97 Å². The van der Waals surface area contributed by atoms with Crippen molar-refractivity contribution >= 4 is 34.1 Å². The van der Waals surface area contributed by atoms with E-state index in [1.165, 1.54) is 12.3 Å². The molecule has 2 aromatic heterocycles. The van der Waals surface area contributed by atoms with Crippen molar-refractivity contribution in [1.29, 1.82) is 0 Å². The van der Waals surface area contributed by atoms with E-state index in [9.17, 15) is 20.1 Å². The van der Waals surface area contributed by atoms with E-state index in [1.807, 2.05) is 64.2 Å². The van der Waals surface area contributed by atoms with E-state index in [0.29, 0.717) is 75.1 Å². The number of aliphatic hydroxyl groups excluding tert-OH is 2. The van der Waals surface area contributed by atoms with Crippen LogP contribution < -0.4 is 0 Å². The van der Waals surface area contributed by atoms with Crippen LogP contribution in [0.15, 0.2) is 92.2 Å². The fraction of sp³-hybridized carbons (Fsp3) is 0.604. The second-order valence-electron chi connectivity index (χ2n) is 19.5. The molecule has 8 bridgehead atoms. The van der Waals surface area contributed by atoms with E-state index in [4.69, 9.17) is 52.0 Å². The molecule has 0 aliphatic carbocycles. The number of halogens is 1. The number of hydrogen-bond donors (Lipinski definition) is 3. The van der Waals surface area contributed by atoms with Gasteiger partial charge in [-0.2, -0.15) is 0 Å². The lowest BCUT2D eigenvalue weighted by molar-refractivity contribution is -0.286. The topological polar surface area (TPSA) is 194 Å². The fourth-order valence-electron chi connectivity index (χ4n) is 10.4. The van der Waals surface area contributed by atoms with E-state index in [0.717, 1.165) is 16.7 Å². The van der Waals surface area contributed by atoms with Crippen LogP contribution in [0.3, 0.4) is 0 Å². The quantitative estimate of drug-likeness (QED) is 0.104. The maximum atomic E-state index is 13.6. The van der Waals surface area contributed by atoms with Gasteiger partial charge in [-0.3, -0.25) is 0 Å². The van der Waals surface area contributed by atoms with Gasteiger partial charge in [0.1, 0.15) is 36.1 Å². The number of allylic oxidation sites excluding steroid dienone is 2. The highest BCUT2D eigenvalue weighted by Crippen LogP contribution is 2.40. The molecule has 5 aliphatic rings. The molecule has 5 aliphatic heterocycles. The lowest BCUT2D eigenvalue weighted by Gasteiger charge is -2.44. The molecule has 16 heteroatoms. The van der Waals surface area contributed by atoms with E-state index in [-0.39, 0.29) is 67.2 Å². The van der Waals surface area contributed by atoms with Crippen LogP contribution in [0, 0.1) is 11.8 Å². The van der Waals surface area contributed by atoms with Crippen LogP contribution in [0.4, 0.5) is 0 Å². The molecule has 4 unspecified atom stereocenters. The lowest BCUT2D eigenvalue weighted by Crippen LogP contribution is -2.51. The third-order valence-corrected chi connectivity index (χ3v) is 14.2. The number of esters is 1. The Balaban J connectivity index is 1.06. The van der Waals surface area contributed by atoms with E-state index in [2.05, 4.69) is 22.5 Å². The SMILES string of the molecule is C=C1C[C@@H]2CC3C[C@@H](O)CC(O3)c3coc(n3)/C=C/C[C@H]3O[C@@H](/C(C)=C/c4coc(C[C@]5(O)CC(OC)C[C@H]([C@H](O)/C=C(C)/C=C/C(C/C=C/Br)OC)O5)n4)[C@H](C)[C@@H](OC(=O)/C=C\C[C@@H](C1)O2)[C@H]3C. The summed E-state index contributed by atoms with van der Waals surface area (Å²) < 4.78 is 55.2. The molecular formula is C53H71BrN2O13. The average molecular weight is 1020 g/mol. The van der Waals surface area contributed by atoms with Gasteiger partial charge in [0.25, 0.3) is 0 Å². The normalized spacial score (nSPS) is 36.1. The number of nitrogens with zero attached hydrogens (tertiary/aromatic N) is 2. The van der Waals surface area contributed by atoms with Crippen molar-refractivity contribution in [2.45, 2.75) is 177 Å². The molecule has 4 saturated heterocycles. The second kappa shape index (κ2) is 24.5. The maximum Gasteiger partial charge on any atom is 0.330 e. The minimum absolute atomic E-state index is 0.0830. The number of methoxy groups -OCH3 is 2. The number of aliphatic hydroxyl groups is 3. The molecule has 0 saturated carbocycles. The van der Waals surface area contributed by atoms with Gasteiger partial charge in [-0.25, -0.2) is 14.8 Å². The summed E-state index contributed by atoms with van der Waals surface area (Å²) in [5.41, 5.74) is 3.86. The Morgan fingerprint density at radius 1 is 0.986 bits per heavy atom. The van der Waals surface area contributed by atoms with Crippen LogP contribution in [0.25, 0.3) is 12.2 Å². The predicted octanol–water partition coefficient (Wildman–Crippen LogP) is 8.76. The molecule has 15 atom stereocenters. The largest absolute Gasteiger partial charge is 0.458 e. The minimum atomic E-state index is -1.73. The molecule has 0 radical (unpaired) electrons. The Kier molecular flexibility index (Phi) is 18.9. The van der Waals surface area contributed by atoms with E-state index >= 15 is 0 Å². The number of rotatable bonds is 12. The molecule has 7 heterocycles. The van der Waals surface area contributed by atoms with Crippen LogP contribution in [-0.2, 0) is 44.4 Å². The number of hydrogen-bond acceptors (Lipinski definition) is 15. The summed E-state index contributed by atoms with van der Waals surface area (Å²) in [6.07, 6.45) is 19.5. The highest BCUT2D eigenvalue weighted by atomic mass is 79.9. The van der Waals surface area contributed by atoms with Gasteiger partial charge in [0.2, 0.25) is 5.89 Å². The van der Waals surface area contributed by atoms with Crippen LogP contribution in [-0.4, -0.2) is 118 Å². The summed E-state index contributed by atoms with van der Waals surface area (Å²) in [5, 5.41) is 33.9. The summed E-state index contributed by atoms with van der Waals surface area (Å²) in [7, 11) is 3.22. The number of oxazole rings is 2. The van der Waals surface area contributed by atoms with Gasteiger partial charge >= 0.3 is 5.97 Å². The number of carbonyl (C=O) groups is 1. The van der Waals surface area contributed by atoms with Gasteiger partial charge in [0, 0.05) is 57.8 Å². The Morgan fingerprint density at radius 2 is 1.78 bits per heavy atom. The smallest absolute Gasteiger partial charge is 0.330 e. The summed E-state index contributed by atoms with van der Waals surface area (Å²) in [4.78, 5) is 24.8. The summed E-state index contributed by atoms with van der Waals surface area (Å²) in [5.74, 6) is -1.95. The van der Waals surface area contributed by atoms with Crippen molar-refractivity contribution in [3.63, 3.8) is 0 Å². The third-order valence-electron chi connectivity index (χ3n) is 13.9. The first kappa shape index (κ1) is 53.0. The van der Waals surface area contributed by atoms with Crippen LogP contribution in [0.5, 0.6) is 0 Å². The van der Waals surface area contributed by atoms with E-state index in [1.54, 1.807) is 37.6 Å². The number of carbonyl (C=O) groups excluding carboxylic acids is 1.